The van der Waals surface area contributed by atoms with Gasteiger partial charge in [0.2, 0.25) is 21.7 Å². The highest BCUT2D eigenvalue weighted by molar-refractivity contribution is 7.89. The third kappa shape index (κ3) is 8.25. The molecule has 1 heterocycles. The van der Waals surface area contributed by atoms with Crippen LogP contribution in [-0.2, 0) is 24.3 Å². The summed E-state index contributed by atoms with van der Waals surface area (Å²) < 4.78 is 31.6. The Balaban J connectivity index is 2.50. The van der Waals surface area contributed by atoms with Gasteiger partial charge in [-0.3, -0.25) is 14.5 Å². The van der Waals surface area contributed by atoms with Gasteiger partial charge < -0.3 is 30.5 Å². The Morgan fingerprint density at radius 3 is 2.39 bits per heavy atom. The second-order valence-electron chi connectivity index (χ2n) is 8.53. The fourth-order valence-corrected chi connectivity index (χ4v) is 4.71. The smallest absolute Gasteiger partial charge is 0.370 e. The number of carboxylic acids is 1. The van der Waals surface area contributed by atoms with E-state index in [0.29, 0.717) is 6.42 Å². The van der Waals surface area contributed by atoms with E-state index in [2.05, 4.69) is 15.0 Å². The van der Waals surface area contributed by atoms with Gasteiger partial charge in [0.1, 0.15) is 24.1 Å². The van der Waals surface area contributed by atoms with Gasteiger partial charge in [0, 0.05) is 13.3 Å². The lowest BCUT2D eigenvalue weighted by atomic mass is 9.86. The van der Waals surface area contributed by atoms with Crippen molar-refractivity contribution in [2.75, 3.05) is 12.9 Å². The molecule has 2 aliphatic rings. The first kappa shape index (κ1) is 27.0. The number of hydrogen-bond donors (Lipinski definition) is 6. The van der Waals surface area contributed by atoms with Gasteiger partial charge >= 0.3 is 5.97 Å². The molecule has 0 bridgehead atoms. The van der Waals surface area contributed by atoms with Crippen LogP contribution in [0.3, 0.4) is 0 Å². The Labute approximate surface area is 192 Å². The van der Waals surface area contributed by atoms with Crippen LogP contribution in [0.15, 0.2) is 16.8 Å². The number of amides is 1. The monoisotopic (exact) mass is 491 g/mol. The first-order valence-electron chi connectivity index (χ1n) is 10.8. The molecule has 0 radical (unpaired) electrons. The van der Waals surface area contributed by atoms with E-state index in [1.54, 1.807) is 0 Å². The van der Waals surface area contributed by atoms with Crippen LogP contribution < -0.4 is 10.0 Å². The first-order valence-corrected chi connectivity index (χ1v) is 12.7. The number of carbonyl (C=O) groups is 2. The van der Waals surface area contributed by atoms with Gasteiger partial charge in [-0.15, -0.1) is 0 Å². The van der Waals surface area contributed by atoms with E-state index in [1.807, 2.05) is 0 Å². The van der Waals surface area contributed by atoms with Crippen molar-refractivity contribution in [3.63, 3.8) is 0 Å². The van der Waals surface area contributed by atoms with Crippen LogP contribution in [0.2, 0.25) is 0 Å². The molecule has 0 unspecified atom stereocenters. The minimum Gasteiger partial charge on any atom is -0.478 e. The summed E-state index contributed by atoms with van der Waals surface area (Å²) in [6.45, 7) is 0.358. The molecule has 5 atom stereocenters. The number of rotatable bonds is 9. The molecular formula is C20H33N3O9S. The molecule has 6 N–H and O–H groups in total. The zero-order valence-corrected chi connectivity index (χ0v) is 19.5. The van der Waals surface area contributed by atoms with Crippen molar-refractivity contribution < 1.29 is 43.2 Å². The topological polar surface area (TPSA) is 195 Å². The predicted octanol–water partition coefficient (Wildman–Crippen LogP) is -1.14. The third-order valence-electron chi connectivity index (χ3n) is 5.62. The highest BCUT2D eigenvalue weighted by Gasteiger charge is 2.43. The number of nitrogens with zero attached hydrogens (tertiary/aromatic N) is 1. The van der Waals surface area contributed by atoms with E-state index in [0.717, 1.165) is 44.4 Å². The molecule has 12 nitrogen and oxygen atoms in total. The normalized spacial score (nSPS) is 26.5. The van der Waals surface area contributed by atoms with Crippen LogP contribution >= 0.6 is 0 Å². The van der Waals surface area contributed by atoms with E-state index >= 15 is 0 Å². The number of hydrogen-bond acceptors (Lipinski definition) is 9. The van der Waals surface area contributed by atoms with Crippen molar-refractivity contribution >= 4 is 27.7 Å². The number of aliphatic hydroxyl groups is 3. The van der Waals surface area contributed by atoms with Gasteiger partial charge in [-0.05, 0) is 12.0 Å². The lowest BCUT2D eigenvalue weighted by Gasteiger charge is -2.38. The highest BCUT2D eigenvalue weighted by atomic mass is 32.2. The number of ether oxygens (including phenoxy) is 1. The molecule has 0 aromatic rings. The first-order chi connectivity index (χ1) is 15.4. The summed E-state index contributed by atoms with van der Waals surface area (Å²) in [7, 11) is -3.70. The summed E-state index contributed by atoms with van der Waals surface area (Å²) in [5, 5.41) is 41.6. The fourth-order valence-electron chi connectivity index (χ4n) is 4.14. The molecule has 188 valence electrons. The average molecular weight is 492 g/mol. The second kappa shape index (κ2) is 11.8. The van der Waals surface area contributed by atoms with E-state index in [1.165, 1.54) is 6.92 Å². The Morgan fingerprint density at radius 2 is 1.88 bits per heavy atom. The number of aliphatic imine (C=N–C) groups is 1. The fraction of sp³-hybridized carbons (Fsp3) is 0.750. The van der Waals surface area contributed by atoms with Gasteiger partial charge in [0.05, 0.1) is 24.9 Å². The van der Waals surface area contributed by atoms with Gasteiger partial charge in [0.15, 0.2) is 0 Å². The number of carbonyl (C=O) groups excluding carboxylic acids is 1. The highest BCUT2D eigenvalue weighted by Crippen LogP contribution is 2.28. The predicted molar refractivity (Wildman–Crippen MR) is 118 cm³/mol. The number of nitrogens with one attached hydrogen (secondary N) is 2. The second-order valence-corrected chi connectivity index (χ2v) is 10.3. The minimum atomic E-state index is -3.70. The molecule has 1 amide bonds. The van der Waals surface area contributed by atoms with Gasteiger partial charge in [-0.2, -0.15) is 0 Å². The largest absolute Gasteiger partial charge is 0.478 e. The Kier molecular flexibility index (Phi) is 9.64. The molecule has 1 saturated carbocycles. The average Bonchev–Trinajstić information content (AvgIpc) is 2.72. The van der Waals surface area contributed by atoms with Gasteiger partial charge in [-0.25, -0.2) is 13.2 Å². The van der Waals surface area contributed by atoms with Crippen LogP contribution in [0.5, 0.6) is 0 Å². The zero-order chi connectivity index (χ0) is 24.8. The molecule has 1 aliphatic heterocycles. The van der Waals surface area contributed by atoms with E-state index in [9.17, 15) is 38.4 Å². The van der Waals surface area contributed by atoms with Crippen molar-refractivity contribution in [3.05, 3.63) is 11.8 Å². The van der Waals surface area contributed by atoms with Crippen LogP contribution in [0.25, 0.3) is 0 Å². The lowest BCUT2D eigenvalue weighted by Crippen LogP contribution is -2.59. The number of sulfonamides is 1. The standard InChI is InChI=1S/C20H33N3O9S/c1-11(25)21-17-13(9-15(20(28)29)32-19(17)18(27)14(26)10-24)22-16(23-33(2,30)31)8-12-6-4-3-5-7-12/h9,12-14,17-19,24,26-27H,3-8,10H2,1-2H3,(H,21,25)(H,22,23)(H,28,29)/t13-,14+,17+,18+,19+/m0/s1. The van der Waals surface area contributed by atoms with Crippen LogP contribution in [0.1, 0.15) is 45.4 Å². The third-order valence-corrected chi connectivity index (χ3v) is 6.23. The van der Waals surface area contributed by atoms with E-state index in [4.69, 9.17) is 4.74 Å². The summed E-state index contributed by atoms with van der Waals surface area (Å²) in [5.74, 6) is -2.32. The molecular weight excluding hydrogens is 458 g/mol. The molecule has 0 spiro atoms. The molecule has 0 aromatic carbocycles. The maximum absolute atomic E-state index is 12.0. The summed E-state index contributed by atoms with van der Waals surface area (Å²) in [4.78, 5) is 27.9. The van der Waals surface area contributed by atoms with Crippen molar-refractivity contribution in [2.24, 2.45) is 10.9 Å². The molecule has 33 heavy (non-hydrogen) atoms. The van der Waals surface area contributed by atoms with E-state index < -0.39 is 64.7 Å². The van der Waals surface area contributed by atoms with Crippen LogP contribution in [0.4, 0.5) is 0 Å². The molecule has 0 saturated heterocycles. The molecule has 2 rings (SSSR count). The molecule has 1 aliphatic carbocycles. The Morgan fingerprint density at radius 1 is 1.24 bits per heavy atom. The number of aliphatic hydroxyl groups excluding tert-OH is 3. The number of carboxylic acid groups (broad SMARTS) is 1. The van der Waals surface area contributed by atoms with Crippen LogP contribution in [-0.4, -0.2) is 89.8 Å². The zero-order valence-electron chi connectivity index (χ0n) is 18.7. The number of amidine groups is 1. The number of aliphatic carboxylic acids is 1. The van der Waals surface area contributed by atoms with E-state index in [-0.39, 0.29) is 11.8 Å². The molecule has 1 fully saturated rings. The summed E-state index contributed by atoms with van der Waals surface area (Å²) in [6, 6.07) is -2.28. The summed E-state index contributed by atoms with van der Waals surface area (Å²) in [5.41, 5.74) is 0. The summed E-state index contributed by atoms with van der Waals surface area (Å²) in [6.07, 6.45) is 2.39. The van der Waals surface area contributed by atoms with Gasteiger partial charge in [-0.1, -0.05) is 32.1 Å². The SMILES string of the molecule is CC(=O)N[C@H]1[C@H]([C@H](O)[C@H](O)CO)OC(C(=O)O)=C[C@@H]1N=C(CC1CCCCC1)NS(C)(=O)=O. The summed E-state index contributed by atoms with van der Waals surface area (Å²) >= 11 is 0. The molecule has 0 aromatic heterocycles. The minimum absolute atomic E-state index is 0.101. The maximum atomic E-state index is 12.0. The quantitative estimate of drug-likeness (QED) is 0.171. The Bertz CT molecular complexity index is 868. The van der Waals surface area contributed by atoms with Crippen molar-refractivity contribution in [2.45, 2.75) is 75.8 Å². The van der Waals surface area contributed by atoms with Crippen molar-refractivity contribution in [3.8, 4) is 0 Å². The van der Waals surface area contributed by atoms with Gasteiger partial charge in [0.25, 0.3) is 0 Å². The van der Waals surface area contributed by atoms with Crippen molar-refractivity contribution in [1.82, 2.24) is 10.0 Å². The molecule has 13 heteroatoms. The van der Waals surface area contributed by atoms with Crippen molar-refractivity contribution in [1.29, 1.82) is 0 Å². The van der Waals surface area contributed by atoms with Crippen LogP contribution in [0, 0.1) is 5.92 Å². The lowest BCUT2D eigenvalue weighted by molar-refractivity contribution is -0.145. The maximum Gasteiger partial charge on any atom is 0.370 e. The Hall–Kier alpha value is -2.22.